The first-order valence-electron chi connectivity index (χ1n) is 7.56. The fourth-order valence-electron chi connectivity index (χ4n) is 3.64. The van der Waals surface area contributed by atoms with Crippen molar-refractivity contribution in [3.05, 3.63) is 22.8 Å². The third kappa shape index (κ3) is 1.91. The zero-order valence-corrected chi connectivity index (χ0v) is 12.1. The molecular formula is C16H19NO4. The van der Waals surface area contributed by atoms with Crippen molar-refractivity contribution in [2.45, 2.75) is 38.3 Å². The second-order valence-electron chi connectivity index (χ2n) is 6.14. The first kappa shape index (κ1) is 13.0. The summed E-state index contributed by atoms with van der Waals surface area (Å²) in [7, 11) is 0. The Morgan fingerprint density at radius 1 is 1.38 bits per heavy atom. The number of ether oxygens (including phenoxy) is 2. The van der Waals surface area contributed by atoms with Crippen molar-refractivity contribution in [2.75, 3.05) is 19.8 Å². The minimum absolute atomic E-state index is 0.0422. The molecule has 1 N–H and O–H groups in total. The number of hydrogen-bond acceptors (Lipinski definition) is 4. The van der Waals surface area contributed by atoms with E-state index >= 15 is 0 Å². The van der Waals surface area contributed by atoms with Gasteiger partial charge in [0.05, 0.1) is 18.8 Å². The normalized spacial score (nSPS) is 27.1. The van der Waals surface area contributed by atoms with Crippen LogP contribution in [0.5, 0.6) is 11.5 Å². The second kappa shape index (κ2) is 4.63. The van der Waals surface area contributed by atoms with Gasteiger partial charge in [-0.05, 0) is 43.4 Å². The van der Waals surface area contributed by atoms with Gasteiger partial charge < -0.3 is 19.5 Å². The van der Waals surface area contributed by atoms with Crippen LogP contribution in [0.15, 0.2) is 6.07 Å². The molecule has 1 amide bonds. The van der Waals surface area contributed by atoms with E-state index in [1.807, 2.05) is 13.0 Å². The molecule has 1 aromatic rings. The van der Waals surface area contributed by atoms with Gasteiger partial charge in [0.15, 0.2) is 0 Å². The predicted octanol–water partition coefficient (Wildman–Crippen LogP) is 1.29. The molecule has 1 aromatic carbocycles. The highest BCUT2D eigenvalue weighted by Gasteiger charge is 2.40. The largest absolute Gasteiger partial charge is 0.492 e. The van der Waals surface area contributed by atoms with Gasteiger partial charge in [0.1, 0.15) is 23.7 Å². The van der Waals surface area contributed by atoms with Crippen LogP contribution in [0, 0.1) is 6.92 Å². The van der Waals surface area contributed by atoms with Crippen molar-refractivity contribution in [3.63, 3.8) is 0 Å². The van der Waals surface area contributed by atoms with Gasteiger partial charge in [-0.1, -0.05) is 0 Å². The molecule has 5 nitrogen and oxygen atoms in total. The van der Waals surface area contributed by atoms with Crippen LogP contribution in [-0.4, -0.2) is 47.8 Å². The minimum Gasteiger partial charge on any atom is -0.492 e. The van der Waals surface area contributed by atoms with Gasteiger partial charge in [-0.3, -0.25) is 4.79 Å². The predicted molar refractivity (Wildman–Crippen MR) is 75.9 cm³/mol. The Hall–Kier alpha value is -1.75. The lowest BCUT2D eigenvalue weighted by Crippen LogP contribution is -2.37. The maximum atomic E-state index is 12.9. The molecule has 4 rings (SSSR count). The molecule has 2 atom stereocenters. The fourth-order valence-corrected chi connectivity index (χ4v) is 3.64. The van der Waals surface area contributed by atoms with Crippen LogP contribution in [0.25, 0.3) is 0 Å². The number of rotatable bonds is 0. The van der Waals surface area contributed by atoms with Crippen molar-refractivity contribution >= 4 is 5.91 Å². The Morgan fingerprint density at radius 2 is 2.24 bits per heavy atom. The lowest BCUT2D eigenvalue weighted by atomic mass is 9.96. The fraction of sp³-hybridized carbons (Fsp3) is 0.562. The Morgan fingerprint density at radius 3 is 3.10 bits per heavy atom. The van der Waals surface area contributed by atoms with Crippen molar-refractivity contribution < 1.29 is 19.4 Å². The minimum atomic E-state index is -0.453. The number of aliphatic hydroxyl groups excluding tert-OH is 1. The molecule has 0 saturated carbocycles. The molecule has 21 heavy (non-hydrogen) atoms. The highest BCUT2D eigenvalue weighted by molar-refractivity contribution is 6.01. The summed E-state index contributed by atoms with van der Waals surface area (Å²) in [4.78, 5) is 14.6. The maximum absolute atomic E-state index is 12.9. The lowest BCUT2D eigenvalue weighted by molar-refractivity contribution is 0.0705. The van der Waals surface area contributed by atoms with Crippen LogP contribution in [0.1, 0.15) is 34.3 Å². The molecule has 0 aromatic heterocycles. The molecule has 3 aliphatic rings. The van der Waals surface area contributed by atoms with Gasteiger partial charge in [0, 0.05) is 6.54 Å². The molecule has 112 valence electrons. The van der Waals surface area contributed by atoms with Crippen molar-refractivity contribution in [1.29, 1.82) is 0 Å². The summed E-state index contributed by atoms with van der Waals surface area (Å²) in [6, 6.07) is 1.92. The summed E-state index contributed by atoms with van der Waals surface area (Å²) in [6.07, 6.45) is 2.05. The first-order chi connectivity index (χ1) is 10.1. The molecule has 1 fully saturated rings. The number of benzene rings is 1. The molecule has 3 aliphatic heterocycles. The number of amides is 1. The van der Waals surface area contributed by atoms with E-state index in [2.05, 4.69) is 0 Å². The quantitative estimate of drug-likeness (QED) is 0.782. The molecule has 3 heterocycles. The molecule has 0 radical (unpaired) electrons. The van der Waals surface area contributed by atoms with E-state index in [0.29, 0.717) is 43.2 Å². The Kier molecular flexibility index (Phi) is 2.85. The zero-order chi connectivity index (χ0) is 14.6. The number of nitrogens with zero attached hydrogens (tertiary/aromatic N) is 1. The van der Waals surface area contributed by atoms with Crippen molar-refractivity contribution in [1.82, 2.24) is 4.90 Å². The highest BCUT2D eigenvalue weighted by Crippen LogP contribution is 2.41. The van der Waals surface area contributed by atoms with Gasteiger partial charge in [-0.15, -0.1) is 0 Å². The van der Waals surface area contributed by atoms with Gasteiger partial charge in [0.25, 0.3) is 5.91 Å². The number of aryl methyl sites for hydroxylation is 1. The second-order valence-corrected chi connectivity index (χ2v) is 6.14. The van der Waals surface area contributed by atoms with E-state index in [1.165, 1.54) is 0 Å². The van der Waals surface area contributed by atoms with Crippen molar-refractivity contribution in [3.8, 4) is 11.5 Å². The van der Waals surface area contributed by atoms with E-state index in [-0.39, 0.29) is 11.9 Å². The Balaban J connectivity index is 1.85. The topological polar surface area (TPSA) is 59.0 Å². The third-order valence-electron chi connectivity index (χ3n) is 4.69. The average Bonchev–Trinajstić information content (AvgIpc) is 2.80. The first-order valence-corrected chi connectivity index (χ1v) is 7.56. The number of fused-ring (bicyclic) bond motifs is 4. The SMILES string of the molecule is Cc1cc2c(c3c1CCCO3)C(=O)N1C[C@@H](O)C[C@@H]1CO2. The van der Waals surface area contributed by atoms with Crippen LogP contribution >= 0.6 is 0 Å². The summed E-state index contributed by atoms with van der Waals surface area (Å²) in [5, 5.41) is 9.82. The molecule has 0 bridgehead atoms. The van der Waals surface area contributed by atoms with Crippen molar-refractivity contribution in [2.24, 2.45) is 0 Å². The third-order valence-corrected chi connectivity index (χ3v) is 4.69. The zero-order valence-electron chi connectivity index (χ0n) is 12.1. The highest BCUT2D eigenvalue weighted by atomic mass is 16.5. The Labute approximate surface area is 123 Å². The molecule has 0 unspecified atom stereocenters. The number of carbonyl (C=O) groups excluding carboxylic acids is 1. The van der Waals surface area contributed by atoms with Gasteiger partial charge in [-0.25, -0.2) is 0 Å². The molecular weight excluding hydrogens is 270 g/mol. The summed E-state index contributed by atoms with van der Waals surface area (Å²) in [5.74, 6) is 1.26. The van der Waals surface area contributed by atoms with Gasteiger partial charge in [0.2, 0.25) is 0 Å². The summed E-state index contributed by atoms with van der Waals surface area (Å²) < 4.78 is 11.7. The van der Waals surface area contributed by atoms with Crippen LogP contribution < -0.4 is 9.47 Å². The smallest absolute Gasteiger partial charge is 0.261 e. The Bertz CT molecular complexity index is 613. The average molecular weight is 289 g/mol. The lowest BCUT2D eigenvalue weighted by Gasteiger charge is -2.25. The molecule has 0 aliphatic carbocycles. The summed E-state index contributed by atoms with van der Waals surface area (Å²) in [6.45, 7) is 3.50. The van der Waals surface area contributed by atoms with Crippen LogP contribution in [0.4, 0.5) is 0 Å². The van der Waals surface area contributed by atoms with E-state index in [4.69, 9.17) is 9.47 Å². The van der Waals surface area contributed by atoms with Gasteiger partial charge in [-0.2, -0.15) is 0 Å². The van der Waals surface area contributed by atoms with E-state index < -0.39 is 6.10 Å². The summed E-state index contributed by atoms with van der Waals surface area (Å²) in [5.41, 5.74) is 2.79. The molecule has 1 saturated heterocycles. The van der Waals surface area contributed by atoms with E-state index in [9.17, 15) is 9.90 Å². The van der Waals surface area contributed by atoms with Crippen LogP contribution in [0.3, 0.4) is 0 Å². The number of aliphatic hydroxyl groups is 1. The summed E-state index contributed by atoms with van der Waals surface area (Å²) >= 11 is 0. The van der Waals surface area contributed by atoms with Crippen LogP contribution in [-0.2, 0) is 6.42 Å². The number of carbonyl (C=O) groups is 1. The van der Waals surface area contributed by atoms with E-state index in [0.717, 1.165) is 24.0 Å². The maximum Gasteiger partial charge on any atom is 0.261 e. The molecule has 0 spiro atoms. The standard InChI is InChI=1S/C16H19NO4/c1-9-5-13-14(15-12(9)3-2-4-20-15)16(19)17-7-11(18)6-10(17)8-21-13/h5,10-11,18H,2-4,6-8H2,1H3/t10-,11+/m1/s1. The van der Waals surface area contributed by atoms with Crippen LogP contribution in [0.2, 0.25) is 0 Å². The molecule has 5 heteroatoms. The van der Waals surface area contributed by atoms with Gasteiger partial charge >= 0.3 is 0 Å². The number of hydrogen-bond donors (Lipinski definition) is 1. The van der Waals surface area contributed by atoms with E-state index in [1.54, 1.807) is 4.90 Å². The monoisotopic (exact) mass is 289 g/mol.